The zero-order valence-electron chi connectivity index (χ0n) is 19.3. The number of aliphatic hydroxyl groups excluding tert-OH is 2. The molecule has 5 rings (SSSR count). The molecule has 0 aromatic carbocycles. The van der Waals surface area contributed by atoms with Crippen molar-refractivity contribution in [2.45, 2.75) is 62.8 Å². The zero-order valence-corrected chi connectivity index (χ0v) is 19.3. The Hall–Kier alpha value is -3.06. The Labute approximate surface area is 196 Å². The van der Waals surface area contributed by atoms with Gasteiger partial charge in [0.1, 0.15) is 30.0 Å². The molecule has 0 aliphatic carbocycles. The lowest BCUT2D eigenvalue weighted by Gasteiger charge is -2.37. The number of amides is 1. The van der Waals surface area contributed by atoms with Gasteiger partial charge in [-0.1, -0.05) is 0 Å². The summed E-state index contributed by atoms with van der Waals surface area (Å²) >= 11 is 0. The molecule has 1 unspecified atom stereocenters. The Bertz CT molecular complexity index is 1220. The van der Waals surface area contributed by atoms with Crippen molar-refractivity contribution in [2.75, 3.05) is 12.3 Å². The number of nitrogen functional groups attached to an aromatic ring is 1. The number of piperidine rings is 1. The van der Waals surface area contributed by atoms with Crippen LogP contribution in [0.4, 0.5) is 5.82 Å². The second-order valence-corrected chi connectivity index (χ2v) is 9.72. The minimum atomic E-state index is -1.41. The van der Waals surface area contributed by atoms with Gasteiger partial charge in [-0.3, -0.25) is 9.48 Å². The number of aromatic nitrogens is 5. The average Bonchev–Trinajstić information content (AvgIpc) is 3.44. The minimum absolute atomic E-state index is 0.0496. The van der Waals surface area contributed by atoms with E-state index >= 15 is 0 Å². The molecular formula is C22H30N8O4. The van der Waals surface area contributed by atoms with Gasteiger partial charge in [-0.15, -0.1) is 0 Å². The highest BCUT2D eigenvalue weighted by atomic mass is 16.6. The molecule has 12 nitrogen and oxygen atoms in total. The van der Waals surface area contributed by atoms with E-state index in [-0.39, 0.29) is 17.4 Å². The van der Waals surface area contributed by atoms with Gasteiger partial charge in [0.2, 0.25) is 0 Å². The largest absolute Gasteiger partial charge is 0.387 e. The summed E-state index contributed by atoms with van der Waals surface area (Å²) in [4.78, 5) is 21.4. The Morgan fingerprint density at radius 2 is 2.12 bits per heavy atom. The number of fused-ring (bicyclic) bond motifs is 1. The maximum absolute atomic E-state index is 13.0. The average molecular weight is 471 g/mol. The van der Waals surface area contributed by atoms with Crippen molar-refractivity contribution in [3.8, 4) is 11.3 Å². The van der Waals surface area contributed by atoms with Crippen molar-refractivity contribution < 1.29 is 19.7 Å². The second-order valence-electron chi connectivity index (χ2n) is 9.72. The molecule has 34 heavy (non-hydrogen) atoms. The van der Waals surface area contributed by atoms with Gasteiger partial charge in [-0.2, -0.15) is 5.10 Å². The van der Waals surface area contributed by atoms with E-state index in [0.717, 1.165) is 19.4 Å². The van der Waals surface area contributed by atoms with E-state index in [0.29, 0.717) is 22.3 Å². The standard InChI is InChI=1S/C22H30N8O4/c1-22(2)8-11(4-6-26-22)27-20(33)17-15(31)16(32)21(34-17)30-9-12(13-5-7-29(3)28-13)14-18(23)24-10-25-19(14)30/h5,7,9-11,15-17,21,26,31-32H,4,6,8H2,1-3H3,(H,27,33)(H2,23,24,25)/t11?,15-,16+,17-,21+/m0/s1. The third-order valence-electron chi connectivity index (χ3n) is 6.60. The molecular weight excluding hydrogens is 440 g/mol. The van der Waals surface area contributed by atoms with E-state index in [9.17, 15) is 15.0 Å². The predicted molar refractivity (Wildman–Crippen MR) is 123 cm³/mol. The number of carbonyl (C=O) groups excluding carboxylic acids is 1. The minimum Gasteiger partial charge on any atom is -0.387 e. The van der Waals surface area contributed by atoms with Crippen molar-refractivity contribution in [2.24, 2.45) is 7.05 Å². The Balaban J connectivity index is 1.44. The number of ether oxygens (including phenoxy) is 1. The van der Waals surface area contributed by atoms with E-state index in [4.69, 9.17) is 10.5 Å². The molecule has 2 saturated heterocycles. The van der Waals surface area contributed by atoms with Gasteiger partial charge in [0.05, 0.1) is 11.1 Å². The highest BCUT2D eigenvalue weighted by Crippen LogP contribution is 2.38. The number of nitrogens with two attached hydrogens (primary N) is 1. The smallest absolute Gasteiger partial charge is 0.252 e. The highest BCUT2D eigenvalue weighted by Gasteiger charge is 2.48. The van der Waals surface area contributed by atoms with Gasteiger partial charge in [0.25, 0.3) is 5.91 Å². The van der Waals surface area contributed by atoms with Crippen LogP contribution in [0.15, 0.2) is 24.8 Å². The molecule has 6 N–H and O–H groups in total. The quantitative estimate of drug-likeness (QED) is 0.343. The molecule has 2 aliphatic rings. The summed E-state index contributed by atoms with van der Waals surface area (Å²) in [6.07, 6.45) is 1.29. The first-order valence-corrected chi connectivity index (χ1v) is 11.3. The predicted octanol–water partition coefficient (Wildman–Crippen LogP) is -0.320. The van der Waals surface area contributed by atoms with Gasteiger partial charge in [-0.05, 0) is 39.3 Å². The number of nitrogens with zero attached hydrogens (tertiary/aromatic N) is 5. The molecule has 182 valence electrons. The fourth-order valence-corrected chi connectivity index (χ4v) is 4.94. The van der Waals surface area contributed by atoms with E-state index in [2.05, 4.69) is 39.5 Å². The van der Waals surface area contributed by atoms with Crippen LogP contribution in [0.25, 0.3) is 22.3 Å². The van der Waals surface area contributed by atoms with E-state index in [1.165, 1.54) is 6.33 Å². The number of anilines is 1. The van der Waals surface area contributed by atoms with Crippen molar-refractivity contribution in [3.05, 3.63) is 24.8 Å². The summed E-state index contributed by atoms with van der Waals surface area (Å²) in [6.45, 7) is 4.94. The number of aryl methyl sites for hydroxylation is 1. The number of aliphatic hydroxyl groups is 2. The Kier molecular flexibility index (Phi) is 5.55. The Morgan fingerprint density at radius 1 is 1.32 bits per heavy atom. The molecule has 1 amide bonds. The third kappa shape index (κ3) is 3.92. The molecule has 0 bridgehead atoms. The molecule has 3 aromatic rings. The molecule has 12 heteroatoms. The maximum Gasteiger partial charge on any atom is 0.252 e. The SMILES string of the molecule is Cn1ccc(-c2cn([C@@H]3O[C@H](C(=O)NC4CCNC(C)(C)C4)[C@@H](O)[C@H]3O)c3ncnc(N)c23)n1. The van der Waals surface area contributed by atoms with Crippen LogP contribution in [0, 0.1) is 0 Å². The summed E-state index contributed by atoms with van der Waals surface area (Å²) in [7, 11) is 1.80. The Morgan fingerprint density at radius 3 is 2.82 bits per heavy atom. The third-order valence-corrected chi connectivity index (χ3v) is 6.60. The summed E-state index contributed by atoms with van der Waals surface area (Å²) in [5.74, 6) is -0.201. The van der Waals surface area contributed by atoms with Crippen LogP contribution in [-0.4, -0.2) is 76.9 Å². The van der Waals surface area contributed by atoms with Crippen molar-refractivity contribution in [1.82, 2.24) is 34.9 Å². The van der Waals surface area contributed by atoms with E-state index < -0.39 is 30.4 Å². The van der Waals surface area contributed by atoms with Gasteiger partial charge in [0.15, 0.2) is 12.3 Å². The molecule has 0 spiro atoms. The molecule has 5 heterocycles. The molecule has 2 aliphatic heterocycles. The van der Waals surface area contributed by atoms with E-state index in [1.54, 1.807) is 28.7 Å². The van der Waals surface area contributed by atoms with Gasteiger partial charge >= 0.3 is 0 Å². The molecule has 0 radical (unpaired) electrons. The molecule has 0 saturated carbocycles. The number of carbonyl (C=O) groups is 1. The highest BCUT2D eigenvalue weighted by molar-refractivity contribution is 5.99. The topological polar surface area (TPSA) is 165 Å². The number of rotatable bonds is 4. The first kappa shape index (κ1) is 22.7. The summed E-state index contributed by atoms with van der Waals surface area (Å²) < 4.78 is 9.17. The van der Waals surface area contributed by atoms with Crippen LogP contribution in [0.2, 0.25) is 0 Å². The van der Waals surface area contributed by atoms with Crippen LogP contribution in [0.5, 0.6) is 0 Å². The molecule has 3 aromatic heterocycles. The van der Waals surface area contributed by atoms with Crippen LogP contribution < -0.4 is 16.4 Å². The first-order chi connectivity index (χ1) is 16.1. The van der Waals surface area contributed by atoms with Gasteiger partial charge < -0.3 is 35.9 Å². The summed E-state index contributed by atoms with van der Waals surface area (Å²) in [6, 6.07) is 1.77. The number of hydrogen-bond donors (Lipinski definition) is 5. The van der Waals surface area contributed by atoms with Gasteiger partial charge in [0, 0.05) is 36.6 Å². The van der Waals surface area contributed by atoms with Crippen molar-refractivity contribution in [1.29, 1.82) is 0 Å². The molecule has 5 atom stereocenters. The first-order valence-electron chi connectivity index (χ1n) is 11.3. The number of hydrogen-bond acceptors (Lipinski definition) is 9. The fourth-order valence-electron chi connectivity index (χ4n) is 4.94. The fraction of sp³-hybridized carbons (Fsp3) is 0.545. The van der Waals surface area contributed by atoms with Crippen LogP contribution in [0.1, 0.15) is 32.9 Å². The normalized spacial score (nSPS) is 28.9. The monoisotopic (exact) mass is 470 g/mol. The lowest BCUT2D eigenvalue weighted by Crippen LogP contribution is -2.55. The lowest BCUT2D eigenvalue weighted by molar-refractivity contribution is -0.138. The van der Waals surface area contributed by atoms with Crippen molar-refractivity contribution >= 4 is 22.8 Å². The second kappa shape index (κ2) is 8.31. The lowest BCUT2D eigenvalue weighted by atomic mass is 9.89. The van der Waals surface area contributed by atoms with Gasteiger partial charge in [-0.25, -0.2) is 9.97 Å². The summed E-state index contributed by atoms with van der Waals surface area (Å²) in [5.41, 5.74) is 7.76. The van der Waals surface area contributed by atoms with E-state index in [1.807, 2.05) is 6.07 Å². The molecule has 2 fully saturated rings. The van der Waals surface area contributed by atoms with Crippen LogP contribution in [0.3, 0.4) is 0 Å². The van der Waals surface area contributed by atoms with Crippen molar-refractivity contribution in [3.63, 3.8) is 0 Å². The zero-order chi connectivity index (χ0) is 24.2. The number of nitrogens with one attached hydrogen (secondary N) is 2. The van der Waals surface area contributed by atoms with Crippen LogP contribution in [-0.2, 0) is 16.6 Å². The van der Waals surface area contributed by atoms with Crippen LogP contribution >= 0.6 is 0 Å². The summed E-state index contributed by atoms with van der Waals surface area (Å²) in [5, 5.41) is 32.9. The maximum atomic E-state index is 13.0.